The Morgan fingerprint density at radius 2 is 1.78 bits per heavy atom. The van der Waals surface area contributed by atoms with Crippen molar-refractivity contribution < 1.29 is 27.8 Å². The molecule has 0 amide bonds. The SMILES string of the molecule is Cc1cc(CN(C)C(C)C(=O)O)cc(C)c1OCC(F)(F)F.Cl. The van der Waals surface area contributed by atoms with Crippen LogP contribution >= 0.6 is 12.4 Å². The molecule has 0 saturated heterocycles. The molecular formula is C15H21ClF3NO3. The number of aryl methyl sites for hydroxylation is 2. The fourth-order valence-electron chi connectivity index (χ4n) is 2.13. The van der Waals surface area contributed by atoms with E-state index in [0.717, 1.165) is 5.56 Å². The molecule has 4 nitrogen and oxygen atoms in total. The van der Waals surface area contributed by atoms with E-state index in [-0.39, 0.29) is 18.2 Å². The fourth-order valence-corrected chi connectivity index (χ4v) is 2.13. The molecule has 1 N–H and O–H groups in total. The number of ether oxygens (including phenoxy) is 1. The van der Waals surface area contributed by atoms with Gasteiger partial charge in [-0.05, 0) is 44.5 Å². The van der Waals surface area contributed by atoms with Crippen LogP contribution in [0, 0.1) is 13.8 Å². The van der Waals surface area contributed by atoms with Gasteiger partial charge >= 0.3 is 12.1 Å². The van der Waals surface area contributed by atoms with Crippen molar-refractivity contribution in [2.45, 2.75) is 39.5 Å². The third kappa shape index (κ3) is 6.66. The number of carboxylic acid groups (broad SMARTS) is 1. The first kappa shape index (κ1) is 21.5. The highest BCUT2D eigenvalue weighted by Crippen LogP contribution is 2.27. The normalized spacial score (nSPS) is 12.7. The molecule has 0 radical (unpaired) electrons. The van der Waals surface area contributed by atoms with Crippen molar-refractivity contribution in [2.24, 2.45) is 0 Å². The average molecular weight is 356 g/mol. The van der Waals surface area contributed by atoms with Crippen LogP contribution in [0.4, 0.5) is 13.2 Å². The van der Waals surface area contributed by atoms with Crippen molar-refractivity contribution in [1.29, 1.82) is 0 Å². The van der Waals surface area contributed by atoms with Crippen molar-refractivity contribution >= 4 is 18.4 Å². The minimum absolute atomic E-state index is 0. The van der Waals surface area contributed by atoms with Gasteiger partial charge in [0.1, 0.15) is 11.8 Å². The third-order valence-electron chi connectivity index (χ3n) is 3.35. The predicted octanol–water partition coefficient (Wildman–Crippen LogP) is 3.57. The predicted molar refractivity (Wildman–Crippen MR) is 83.3 cm³/mol. The lowest BCUT2D eigenvalue weighted by Gasteiger charge is -2.22. The minimum Gasteiger partial charge on any atom is -0.484 e. The van der Waals surface area contributed by atoms with Crippen LogP contribution in [-0.2, 0) is 11.3 Å². The Hall–Kier alpha value is -1.47. The van der Waals surface area contributed by atoms with Gasteiger partial charge in [-0.2, -0.15) is 13.2 Å². The van der Waals surface area contributed by atoms with Crippen LogP contribution in [0.1, 0.15) is 23.6 Å². The first-order valence-corrected chi connectivity index (χ1v) is 6.74. The highest BCUT2D eigenvalue weighted by atomic mass is 35.5. The maximum absolute atomic E-state index is 12.2. The van der Waals surface area contributed by atoms with Gasteiger partial charge in [0.25, 0.3) is 0 Å². The van der Waals surface area contributed by atoms with Gasteiger partial charge in [-0.3, -0.25) is 9.69 Å². The summed E-state index contributed by atoms with van der Waals surface area (Å²) in [4.78, 5) is 12.6. The summed E-state index contributed by atoms with van der Waals surface area (Å²) in [6, 6.07) is 2.77. The molecule has 1 rings (SSSR count). The first-order chi connectivity index (χ1) is 10.0. The summed E-state index contributed by atoms with van der Waals surface area (Å²) in [5.74, 6) is -0.712. The lowest BCUT2D eigenvalue weighted by atomic mass is 10.0. The molecule has 23 heavy (non-hydrogen) atoms. The zero-order chi connectivity index (χ0) is 17.1. The van der Waals surface area contributed by atoms with E-state index < -0.39 is 24.8 Å². The van der Waals surface area contributed by atoms with Crippen LogP contribution in [0.2, 0.25) is 0 Å². The smallest absolute Gasteiger partial charge is 0.422 e. The van der Waals surface area contributed by atoms with Crippen LogP contribution in [0.15, 0.2) is 12.1 Å². The molecule has 0 aromatic heterocycles. The van der Waals surface area contributed by atoms with Gasteiger partial charge in [-0.15, -0.1) is 12.4 Å². The van der Waals surface area contributed by atoms with E-state index in [9.17, 15) is 18.0 Å². The Balaban J connectivity index is 0.00000484. The van der Waals surface area contributed by atoms with Crippen LogP contribution < -0.4 is 4.74 Å². The number of carboxylic acids is 1. The Kier molecular flexibility index (Phi) is 7.86. The van der Waals surface area contributed by atoms with Gasteiger partial charge in [0.05, 0.1) is 0 Å². The van der Waals surface area contributed by atoms with E-state index in [2.05, 4.69) is 0 Å². The van der Waals surface area contributed by atoms with Crippen LogP contribution in [-0.4, -0.2) is 41.8 Å². The zero-order valence-electron chi connectivity index (χ0n) is 13.4. The number of likely N-dealkylation sites (N-methyl/N-ethyl adjacent to an activating group) is 1. The van der Waals surface area contributed by atoms with Crippen molar-refractivity contribution in [3.63, 3.8) is 0 Å². The number of aliphatic carboxylic acids is 1. The van der Waals surface area contributed by atoms with Crippen molar-refractivity contribution in [1.82, 2.24) is 4.90 Å². The number of carbonyl (C=O) groups is 1. The number of rotatable bonds is 6. The molecule has 0 aliphatic rings. The molecule has 0 spiro atoms. The Labute approximate surface area is 139 Å². The molecule has 1 aromatic carbocycles. The highest BCUT2D eigenvalue weighted by Gasteiger charge is 2.29. The number of alkyl halides is 3. The quantitative estimate of drug-likeness (QED) is 0.847. The summed E-state index contributed by atoms with van der Waals surface area (Å²) in [5, 5.41) is 8.96. The molecule has 0 aliphatic carbocycles. The van der Waals surface area contributed by atoms with Crippen molar-refractivity contribution in [2.75, 3.05) is 13.7 Å². The van der Waals surface area contributed by atoms with E-state index in [1.807, 2.05) is 0 Å². The van der Waals surface area contributed by atoms with Crippen LogP contribution in [0.3, 0.4) is 0 Å². The van der Waals surface area contributed by atoms with E-state index >= 15 is 0 Å². The minimum atomic E-state index is -4.38. The number of nitrogens with zero attached hydrogens (tertiary/aromatic N) is 1. The largest absolute Gasteiger partial charge is 0.484 e. The average Bonchev–Trinajstić information content (AvgIpc) is 2.35. The van der Waals surface area contributed by atoms with Gasteiger partial charge in [0, 0.05) is 6.54 Å². The molecule has 8 heteroatoms. The van der Waals surface area contributed by atoms with E-state index in [0.29, 0.717) is 17.7 Å². The molecule has 0 heterocycles. The summed E-state index contributed by atoms with van der Waals surface area (Å²) in [6.45, 7) is 3.97. The maximum Gasteiger partial charge on any atom is 0.422 e. The third-order valence-corrected chi connectivity index (χ3v) is 3.35. The molecule has 0 fully saturated rings. The number of hydrogen-bond acceptors (Lipinski definition) is 3. The summed E-state index contributed by atoms with van der Waals surface area (Å²) in [6.07, 6.45) is -4.38. The van der Waals surface area contributed by atoms with Crippen molar-refractivity contribution in [3.05, 3.63) is 28.8 Å². The van der Waals surface area contributed by atoms with E-state index in [1.54, 1.807) is 44.9 Å². The zero-order valence-corrected chi connectivity index (χ0v) is 14.2. The van der Waals surface area contributed by atoms with E-state index in [1.165, 1.54) is 0 Å². The summed E-state index contributed by atoms with van der Waals surface area (Å²) >= 11 is 0. The second kappa shape index (κ2) is 8.40. The molecular weight excluding hydrogens is 335 g/mol. The number of hydrogen-bond donors (Lipinski definition) is 1. The Morgan fingerprint density at radius 1 is 1.30 bits per heavy atom. The second-order valence-electron chi connectivity index (χ2n) is 5.39. The van der Waals surface area contributed by atoms with E-state index in [4.69, 9.17) is 9.84 Å². The van der Waals surface area contributed by atoms with Gasteiger partial charge < -0.3 is 9.84 Å². The first-order valence-electron chi connectivity index (χ1n) is 6.74. The molecule has 0 bridgehead atoms. The molecule has 0 aliphatic heterocycles. The summed E-state index contributed by atoms with van der Waals surface area (Å²) in [7, 11) is 1.68. The van der Waals surface area contributed by atoms with Gasteiger partial charge in [0.2, 0.25) is 0 Å². The van der Waals surface area contributed by atoms with Gasteiger partial charge in [-0.1, -0.05) is 12.1 Å². The standard InChI is InChI=1S/C15H20F3NO3.ClH/c1-9-5-12(7-19(4)11(3)14(20)21)6-10(2)13(9)22-8-15(16,17)18;/h5-6,11H,7-8H2,1-4H3,(H,20,21);1H. The maximum atomic E-state index is 12.2. The number of halogens is 4. The monoisotopic (exact) mass is 355 g/mol. The molecule has 0 saturated carbocycles. The number of benzene rings is 1. The molecule has 1 unspecified atom stereocenters. The van der Waals surface area contributed by atoms with Crippen LogP contribution in [0.5, 0.6) is 5.75 Å². The molecule has 1 aromatic rings. The summed E-state index contributed by atoms with van der Waals surface area (Å²) in [5.41, 5.74) is 2.01. The fraction of sp³-hybridized carbons (Fsp3) is 0.533. The molecule has 132 valence electrons. The van der Waals surface area contributed by atoms with Gasteiger partial charge in [-0.25, -0.2) is 0 Å². The Bertz CT molecular complexity index is 526. The van der Waals surface area contributed by atoms with Gasteiger partial charge in [0.15, 0.2) is 6.61 Å². The Morgan fingerprint density at radius 3 is 2.17 bits per heavy atom. The van der Waals surface area contributed by atoms with Crippen molar-refractivity contribution in [3.8, 4) is 5.75 Å². The topological polar surface area (TPSA) is 49.8 Å². The second-order valence-corrected chi connectivity index (χ2v) is 5.39. The highest BCUT2D eigenvalue weighted by molar-refractivity contribution is 5.85. The summed E-state index contributed by atoms with van der Waals surface area (Å²) < 4.78 is 41.5. The molecule has 1 atom stereocenters. The lowest BCUT2D eigenvalue weighted by molar-refractivity contribution is -0.153. The lowest BCUT2D eigenvalue weighted by Crippen LogP contribution is -2.35. The van der Waals surface area contributed by atoms with Crippen LogP contribution in [0.25, 0.3) is 0 Å².